The zero-order valence-electron chi connectivity index (χ0n) is 13.5. The average molecular weight is 397 g/mol. The van der Waals surface area contributed by atoms with Crippen LogP contribution in [0, 0.1) is 6.92 Å². The Bertz CT molecular complexity index is 658. The van der Waals surface area contributed by atoms with Gasteiger partial charge in [0, 0.05) is 10.2 Å². The minimum atomic E-state index is -0.305. The number of esters is 1. The van der Waals surface area contributed by atoms with E-state index in [0.29, 0.717) is 17.3 Å². The predicted molar refractivity (Wildman–Crippen MR) is 99.1 cm³/mol. The Hall–Kier alpha value is -1.40. The van der Waals surface area contributed by atoms with Crippen molar-refractivity contribution in [1.29, 1.82) is 0 Å². The van der Waals surface area contributed by atoms with Gasteiger partial charge in [0.25, 0.3) is 0 Å². The van der Waals surface area contributed by atoms with E-state index < -0.39 is 0 Å². The minimum absolute atomic E-state index is 0.304. The van der Waals surface area contributed by atoms with Crippen molar-refractivity contribution < 1.29 is 9.53 Å². The van der Waals surface area contributed by atoms with E-state index in [1.54, 1.807) is 0 Å². The molecule has 1 aliphatic heterocycles. The molecule has 1 aromatic carbocycles. The topological polar surface area (TPSA) is 50.4 Å². The third kappa shape index (κ3) is 4.12. The fraction of sp³-hybridized carbons (Fsp3) is 0.412. The van der Waals surface area contributed by atoms with Crippen LogP contribution in [0.4, 0.5) is 0 Å². The molecule has 0 unspecified atom stereocenters. The first-order valence-electron chi connectivity index (χ1n) is 7.71. The van der Waals surface area contributed by atoms with E-state index >= 15 is 0 Å². The molecule has 124 valence electrons. The molecule has 1 aromatic rings. The van der Waals surface area contributed by atoms with Crippen LogP contribution in [0.2, 0.25) is 0 Å². The van der Waals surface area contributed by atoms with Gasteiger partial charge in [-0.05, 0) is 49.7 Å². The van der Waals surface area contributed by atoms with Gasteiger partial charge in [0.05, 0.1) is 18.2 Å². The first-order valence-corrected chi connectivity index (χ1v) is 8.91. The van der Waals surface area contributed by atoms with Crippen LogP contribution in [0.25, 0.3) is 0 Å². The molecule has 4 nitrogen and oxygen atoms in total. The van der Waals surface area contributed by atoms with Gasteiger partial charge < -0.3 is 15.4 Å². The lowest BCUT2D eigenvalue weighted by atomic mass is 9.93. The van der Waals surface area contributed by atoms with Gasteiger partial charge >= 0.3 is 5.97 Å². The number of nitrogens with one attached hydrogen (secondary N) is 2. The van der Waals surface area contributed by atoms with E-state index in [9.17, 15) is 4.79 Å². The van der Waals surface area contributed by atoms with Crippen LogP contribution in [0.3, 0.4) is 0 Å². The second-order valence-corrected chi connectivity index (χ2v) is 6.67. The van der Waals surface area contributed by atoms with E-state index in [1.807, 2.05) is 32.0 Å². The second-order valence-electron chi connectivity index (χ2n) is 5.40. The molecule has 2 N–H and O–H groups in total. The van der Waals surface area contributed by atoms with Crippen LogP contribution in [0.15, 0.2) is 33.9 Å². The van der Waals surface area contributed by atoms with E-state index in [2.05, 4.69) is 33.5 Å². The summed E-state index contributed by atoms with van der Waals surface area (Å²) >= 11 is 8.87. The number of carbonyl (C=O) groups excluding carboxylic acids is 1. The molecule has 6 heteroatoms. The lowest BCUT2D eigenvalue weighted by Crippen LogP contribution is -2.45. The Labute approximate surface area is 150 Å². The number of benzene rings is 1. The van der Waals surface area contributed by atoms with Gasteiger partial charge in [-0.3, -0.25) is 0 Å². The summed E-state index contributed by atoms with van der Waals surface area (Å²) in [5, 5.41) is 6.85. The maximum atomic E-state index is 12.5. The molecule has 0 spiro atoms. The third-order valence-electron chi connectivity index (χ3n) is 3.68. The number of halogens is 1. The van der Waals surface area contributed by atoms with Gasteiger partial charge in [-0.1, -0.05) is 41.4 Å². The average Bonchev–Trinajstić information content (AvgIpc) is 2.50. The zero-order chi connectivity index (χ0) is 17.0. The van der Waals surface area contributed by atoms with Gasteiger partial charge in [-0.25, -0.2) is 4.79 Å². The monoisotopic (exact) mass is 396 g/mol. The van der Waals surface area contributed by atoms with Gasteiger partial charge in [0.15, 0.2) is 5.11 Å². The normalized spacial score (nSPS) is 17.6. The van der Waals surface area contributed by atoms with Crippen molar-refractivity contribution in [3.63, 3.8) is 0 Å². The Morgan fingerprint density at radius 1 is 1.39 bits per heavy atom. The van der Waals surface area contributed by atoms with E-state index in [4.69, 9.17) is 17.0 Å². The molecule has 0 aliphatic carbocycles. The SMILES string of the molecule is CCCC1=C(C(=O)OCC)[C@H](c2ccc(C)c(Br)c2)NC(=S)N1. The van der Waals surface area contributed by atoms with Crippen LogP contribution in [0.5, 0.6) is 0 Å². The lowest BCUT2D eigenvalue weighted by Gasteiger charge is -2.31. The molecule has 0 saturated heterocycles. The van der Waals surface area contributed by atoms with Gasteiger partial charge in [0.1, 0.15) is 0 Å². The quantitative estimate of drug-likeness (QED) is 0.583. The summed E-state index contributed by atoms with van der Waals surface area (Å²) in [5.74, 6) is -0.305. The molecular weight excluding hydrogens is 376 g/mol. The highest BCUT2D eigenvalue weighted by Crippen LogP contribution is 2.31. The van der Waals surface area contributed by atoms with Crippen molar-refractivity contribution in [3.8, 4) is 0 Å². The predicted octanol–water partition coefficient (Wildman–Crippen LogP) is 3.89. The molecule has 0 aromatic heterocycles. The standard InChI is InChI=1S/C17H21BrN2O2S/c1-4-6-13-14(16(21)22-5-2)15(20-17(23)19-13)11-8-7-10(3)12(18)9-11/h7-9,15H,4-6H2,1-3H3,(H2,19,20,23)/t15-/m0/s1. The van der Waals surface area contributed by atoms with Crippen molar-refractivity contribution >= 4 is 39.2 Å². The Morgan fingerprint density at radius 2 is 2.13 bits per heavy atom. The minimum Gasteiger partial charge on any atom is -0.463 e. The highest BCUT2D eigenvalue weighted by molar-refractivity contribution is 9.10. The summed E-state index contributed by atoms with van der Waals surface area (Å²) in [4.78, 5) is 12.5. The number of ether oxygens (including phenoxy) is 1. The van der Waals surface area contributed by atoms with Crippen molar-refractivity contribution in [3.05, 3.63) is 45.1 Å². The number of hydrogen-bond donors (Lipinski definition) is 2. The van der Waals surface area contributed by atoms with Crippen LogP contribution in [-0.4, -0.2) is 17.7 Å². The first kappa shape index (κ1) is 17.9. The van der Waals surface area contributed by atoms with E-state index in [1.165, 1.54) is 0 Å². The van der Waals surface area contributed by atoms with Gasteiger partial charge in [-0.2, -0.15) is 0 Å². The second kappa shape index (κ2) is 7.93. The molecule has 1 atom stereocenters. The zero-order valence-corrected chi connectivity index (χ0v) is 15.9. The van der Waals surface area contributed by atoms with Crippen molar-refractivity contribution in [2.75, 3.05) is 6.61 Å². The molecule has 0 fully saturated rings. The van der Waals surface area contributed by atoms with Gasteiger partial charge in [0.2, 0.25) is 0 Å². The molecular formula is C17H21BrN2O2S. The molecule has 1 aliphatic rings. The number of rotatable bonds is 5. The van der Waals surface area contributed by atoms with Crippen LogP contribution >= 0.6 is 28.1 Å². The van der Waals surface area contributed by atoms with E-state index in [-0.39, 0.29) is 12.0 Å². The number of allylic oxidation sites excluding steroid dienone is 1. The van der Waals surface area contributed by atoms with Gasteiger partial charge in [-0.15, -0.1) is 0 Å². The fourth-order valence-electron chi connectivity index (χ4n) is 2.55. The maximum absolute atomic E-state index is 12.5. The number of aryl methyl sites for hydroxylation is 1. The smallest absolute Gasteiger partial charge is 0.338 e. The van der Waals surface area contributed by atoms with Crippen LogP contribution in [-0.2, 0) is 9.53 Å². The Kier molecular flexibility index (Phi) is 6.18. The lowest BCUT2D eigenvalue weighted by molar-refractivity contribution is -0.139. The van der Waals surface area contributed by atoms with Crippen molar-refractivity contribution in [2.45, 2.75) is 39.7 Å². The number of carbonyl (C=O) groups is 1. The summed E-state index contributed by atoms with van der Waals surface area (Å²) in [5.41, 5.74) is 3.57. The molecule has 0 saturated carbocycles. The van der Waals surface area contributed by atoms with Crippen LogP contribution < -0.4 is 10.6 Å². The largest absolute Gasteiger partial charge is 0.463 e. The number of thiocarbonyl (C=S) groups is 1. The summed E-state index contributed by atoms with van der Waals surface area (Å²) in [6.45, 7) is 6.25. The van der Waals surface area contributed by atoms with Crippen LogP contribution in [0.1, 0.15) is 43.9 Å². The highest BCUT2D eigenvalue weighted by atomic mass is 79.9. The molecule has 0 radical (unpaired) electrons. The van der Waals surface area contributed by atoms with Crippen molar-refractivity contribution in [1.82, 2.24) is 10.6 Å². The fourth-order valence-corrected chi connectivity index (χ4v) is 3.19. The summed E-state index contributed by atoms with van der Waals surface area (Å²) in [7, 11) is 0. The molecule has 2 rings (SSSR count). The summed E-state index contributed by atoms with van der Waals surface area (Å²) < 4.78 is 6.27. The Balaban J connectivity index is 2.51. The molecule has 0 bridgehead atoms. The summed E-state index contributed by atoms with van der Waals surface area (Å²) in [6.07, 6.45) is 1.66. The van der Waals surface area contributed by atoms with E-state index in [0.717, 1.165) is 34.1 Å². The van der Waals surface area contributed by atoms with Crippen molar-refractivity contribution in [2.24, 2.45) is 0 Å². The molecule has 23 heavy (non-hydrogen) atoms. The first-order chi connectivity index (χ1) is 11.0. The highest BCUT2D eigenvalue weighted by Gasteiger charge is 2.32. The molecule has 0 amide bonds. The summed E-state index contributed by atoms with van der Waals surface area (Å²) in [6, 6.07) is 5.74. The third-order valence-corrected chi connectivity index (χ3v) is 4.75. The maximum Gasteiger partial charge on any atom is 0.338 e. The molecule has 1 heterocycles. The Morgan fingerprint density at radius 3 is 2.74 bits per heavy atom. The number of hydrogen-bond acceptors (Lipinski definition) is 3.